The molecule has 1 fully saturated rings. The second kappa shape index (κ2) is 7.20. The molecule has 1 aliphatic rings. The molecule has 2 rings (SSSR count). The highest BCUT2D eigenvalue weighted by Gasteiger charge is 2.21. The smallest absolute Gasteiger partial charge is 0.291 e. The van der Waals surface area contributed by atoms with Crippen molar-refractivity contribution in [3.63, 3.8) is 0 Å². The van der Waals surface area contributed by atoms with E-state index in [-0.39, 0.29) is 11.6 Å². The van der Waals surface area contributed by atoms with Crippen LogP contribution >= 0.6 is 0 Å². The van der Waals surface area contributed by atoms with Gasteiger partial charge in [-0.1, -0.05) is 26.0 Å². The Hall–Kier alpha value is -1.91. The van der Waals surface area contributed by atoms with E-state index < -0.39 is 11.7 Å². The zero-order valence-corrected chi connectivity index (χ0v) is 12.4. The number of hydrogen-bond donors (Lipinski definition) is 1. The van der Waals surface area contributed by atoms with E-state index in [4.69, 9.17) is 4.74 Å². The highest BCUT2D eigenvalue weighted by Crippen LogP contribution is 2.28. The van der Waals surface area contributed by atoms with Crippen LogP contribution in [0.1, 0.15) is 37.0 Å². The van der Waals surface area contributed by atoms with Crippen molar-refractivity contribution in [1.82, 2.24) is 5.32 Å². The maximum Gasteiger partial charge on any atom is 0.291 e. The molecular weight excluding hydrogens is 271 g/mol. The van der Waals surface area contributed by atoms with Crippen LogP contribution < -0.4 is 5.32 Å². The van der Waals surface area contributed by atoms with Gasteiger partial charge in [0.2, 0.25) is 0 Å². The van der Waals surface area contributed by atoms with Gasteiger partial charge in [-0.2, -0.15) is 0 Å². The molecule has 1 aliphatic carbocycles. The van der Waals surface area contributed by atoms with Gasteiger partial charge in [0, 0.05) is 6.54 Å². The summed E-state index contributed by atoms with van der Waals surface area (Å²) in [5, 5.41) is 2.56. The summed E-state index contributed by atoms with van der Waals surface area (Å²) < 4.78 is 19.1. The largest absolute Gasteiger partial charge is 0.465 e. The molecule has 114 valence electrons. The van der Waals surface area contributed by atoms with Gasteiger partial charge in [-0.05, 0) is 36.8 Å². The van der Waals surface area contributed by atoms with E-state index in [1.165, 1.54) is 25.0 Å². The zero-order valence-electron chi connectivity index (χ0n) is 12.4. The molecule has 1 aromatic carbocycles. The predicted octanol–water partition coefficient (Wildman–Crippen LogP) is 2.99. The molecule has 0 saturated heterocycles. The predicted molar refractivity (Wildman–Crippen MR) is 79.7 cm³/mol. The molecule has 0 heterocycles. The molecular formula is C16H21FN2O2. The first-order valence-electron chi connectivity index (χ1n) is 7.29. The number of rotatable bonds is 5. The summed E-state index contributed by atoms with van der Waals surface area (Å²) in [6.07, 6.45) is 2.34. The Balaban J connectivity index is 2.00. The second-order valence-corrected chi connectivity index (χ2v) is 5.73. The first-order chi connectivity index (χ1) is 10.1. The van der Waals surface area contributed by atoms with E-state index in [2.05, 4.69) is 10.3 Å². The number of hydrogen-bond acceptors (Lipinski definition) is 3. The lowest BCUT2D eigenvalue weighted by Gasteiger charge is -2.12. The molecule has 5 heteroatoms. The summed E-state index contributed by atoms with van der Waals surface area (Å²) >= 11 is 0. The topological polar surface area (TPSA) is 50.7 Å². The minimum Gasteiger partial charge on any atom is -0.465 e. The Labute approximate surface area is 124 Å². The average molecular weight is 292 g/mol. The van der Waals surface area contributed by atoms with Gasteiger partial charge in [-0.15, -0.1) is 0 Å². The summed E-state index contributed by atoms with van der Waals surface area (Å²) in [6, 6.07) is 6.04. The molecule has 0 atom stereocenters. The van der Waals surface area contributed by atoms with Gasteiger partial charge in [0.05, 0.1) is 12.2 Å². The van der Waals surface area contributed by atoms with Crippen molar-refractivity contribution in [3.8, 4) is 0 Å². The number of nitrogens with zero attached hydrogens (tertiary/aromatic N) is 1. The van der Waals surface area contributed by atoms with Crippen molar-refractivity contribution in [2.75, 3.05) is 13.2 Å². The van der Waals surface area contributed by atoms with E-state index in [9.17, 15) is 9.18 Å². The number of halogens is 1. The molecule has 0 aliphatic heterocycles. The molecule has 0 spiro atoms. The quantitative estimate of drug-likeness (QED) is 0.670. The van der Waals surface area contributed by atoms with E-state index in [1.807, 2.05) is 13.8 Å². The van der Waals surface area contributed by atoms with E-state index in [1.54, 1.807) is 12.1 Å². The van der Waals surface area contributed by atoms with Gasteiger partial charge in [0.15, 0.2) is 0 Å². The molecule has 1 aromatic rings. The number of ether oxygens (including phenoxy) is 1. The summed E-state index contributed by atoms with van der Waals surface area (Å²) in [5.41, 5.74) is -0.00947. The van der Waals surface area contributed by atoms with Crippen molar-refractivity contribution in [3.05, 3.63) is 35.6 Å². The van der Waals surface area contributed by atoms with Crippen LogP contribution in [0.25, 0.3) is 0 Å². The lowest BCUT2D eigenvalue weighted by Crippen LogP contribution is -2.34. The van der Waals surface area contributed by atoms with Crippen LogP contribution in [0.2, 0.25) is 0 Å². The Bertz CT molecular complexity index is 525. The Morgan fingerprint density at radius 3 is 2.76 bits per heavy atom. The first-order valence-corrected chi connectivity index (χ1v) is 7.29. The molecule has 0 radical (unpaired) electrons. The maximum absolute atomic E-state index is 13.6. The molecule has 1 N–H and O–H groups in total. The third-order valence-corrected chi connectivity index (χ3v) is 3.08. The molecule has 0 bridgehead atoms. The number of carbonyl (C=O) groups excluding carboxylic acids is 1. The maximum atomic E-state index is 13.6. The Kier molecular flexibility index (Phi) is 5.31. The lowest BCUT2D eigenvalue weighted by atomic mass is 10.2. The van der Waals surface area contributed by atoms with E-state index >= 15 is 0 Å². The molecule has 0 unspecified atom stereocenters. The van der Waals surface area contributed by atoms with Crippen molar-refractivity contribution in [1.29, 1.82) is 0 Å². The third-order valence-electron chi connectivity index (χ3n) is 3.08. The summed E-state index contributed by atoms with van der Waals surface area (Å²) in [7, 11) is 0. The highest BCUT2D eigenvalue weighted by atomic mass is 19.1. The Morgan fingerprint density at radius 2 is 2.14 bits per heavy atom. The number of benzene rings is 1. The van der Waals surface area contributed by atoms with Crippen LogP contribution in [0.15, 0.2) is 29.3 Å². The standard InChI is InChI=1S/C16H21FN2O2/c1-11(2)10-21-16(18-9-12-7-8-12)19-15(20)13-5-3-4-6-14(13)17/h3-6,11-12H,7-10H2,1-2H3,(H,18,19,20). The van der Waals surface area contributed by atoms with Crippen molar-refractivity contribution in [2.24, 2.45) is 16.8 Å². The molecule has 1 amide bonds. The van der Waals surface area contributed by atoms with Gasteiger partial charge >= 0.3 is 0 Å². The van der Waals surface area contributed by atoms with Crippen LogP contribution in [0.5, 0.6) is 0 Å². The average Bonchev–Trinajstić information content (AvgIpc) is 3.26. The number of nitrogens with one attached hydrogen (secondary N) is 1. The van der Waals surface area contributed by atoms with Gasteiger partial charge in [0.1, 0.15) is 5.82 Å². The lowest BCUT2D eigenvalue weighted by molar-refractivity contribution is 0.0959. The van der Waals surface area contributed by atoms with E-state index in [0.717, 1.165) is 0 Å². The van der Waals surface area contributed by atoms with Crippen molar-refractivity contribution in [2.45, 2.75) is 26.7 Å². The zero-order chi connectivity index (χ0) is 15.2. The number of amides is 1. The van der Waals surface area contributed by atoms with Crippen LogP contribution in [-0.4, -0.2) is 25.1 Å². The summed E-state index contributed by atoms with van der Waals surface area (Å²) in [6.45, 7) is 5.13. The van der Waals surface area contributed by atoms with Crippen LogP contribution in [-0.2, 0) is 4.74 Å². The van der Waals surface area contributed by atoms with E-state index in [0.29, 0.717) is 25.0 Å². The molecule has 21 heavy (non-hydrogen) atoms. The third kappa shape index (κ3) is 5.17. The Morgan fingerprint density at radius 1 is 1.43 bits per heavy atom. The summed E-state index contributed by atoms with van der Waals surface area (Å²) in [4.78, 5) is 16.4. The van der Waals surface area contributed by atoms with Crippen LogP contribution in [0.3, 0.4) is 0 Å². The first kappa shape index (κ1) is 15.5. The minimum atomic E-state index is -0.555. The van der Waals surface area contributed by atoms with Crippen molar-refractivity contribution < 1.29 is 13.9 Å². The normalized spacial score (nSPS) is 15.1. The van der Waals surface area contributed by atoms with Gasteiger partial charge in [-0.25, -0.2) is 9.38 Å². The fraction of sp³-hybridized carbons (Fsp3) is 0.500. The second-order valence-electron chi connectivity index (χ2n) is 5.73. The monoisotopic (exact) mass is 292 g/mol. The number of carbonyl (C=O) groups is 1. The minimum absolute atomic E-state index is 0.00947. The fourth-order valence-electron chi connectivity index (χ4n) is 1.69. The summed E-state index contributed by atoms with van der Waals surface area (Å²) in [5.74, 6) is -0.179. The molecule has 0 aromatic heterocycles. The number of aliphatic imine (C=N–C) groups is 1. The fourth-order valence-corrected chi connectivity index (χ4v) is 1.69. The molecule has 4 nitrogen and oxygen atoms in total. The van der Waals surface area contributed by atoms with Crippen LogP contribution in [0.4, 0.5) is 4.39 Å². The highest BCUT2D eigenvalue weighted by molar-refractivity contribution is 6.04. The van der Waals surface area contributed by atoms with Crippen LogP contribution in [0, 0.1) is 17.7 Å². The SMILES string of the molecule is CC(C)COC(=NCC1CC1)NC(=O)c1ccccc1F. The van der Waals surface area contributed by atoms with Gasteiger partial charge in [-0.3, -0.25) is 10.1 Å². The van der Waals surface area contributed by atoms with Gasteiger partial charge < -0.3 is 4.74 Å². The molecule has 1 saturated carbocycles. The van der Waals surface area contributed by atoms with Crippen molar-refractivity contribution >= 4 is 11.9 Å². The van der Waals surface area contributed by atoms with Gasteiger partial charge in [0.25, 0.3) is 11.9 Å². The number of amidine groups is 1.